The van der Waals surface area contributed by atoms with Crippen LogP contribution in [0.2, 0.25) is 0 Å². The molecule has 2 aliphatic heterocycles. The third kappa shape index (κ3) is 4.65. The van der Waals surface area contributed by atoms with Gasteiger partial charge in [0, 0.05) is 17.8 Å². The molecule has 4 aromatic rings. The number of nitrogens with one attached hydrogen (secondary N) is 1. The quantitative estimate of drug-likeness (QED) is 0.354. The second-order valence-corrected chi connectivity index (χ2v) is 9.96. The summed E-state index contributed by atoms with van der Waals surface area (Å²) in [6, 6.07) is 13.0. The van der Waals surface area contributed by atoms with Crippen LogP contribution < -0.4 is 10.2 Å². The number of fused-ring (bicyclic) bond motifs is 2. The van der Waals surface area contributed by atoms with E-state index in [1.54, 1.807) is 18.3 Å². The SMILES string of the molecule is CN1CCC(n2cc(-c3ccc4c(c3)C(=O)N(Cc3cc(F)cc(F)c3)c3cc(F)ccc3N4)cn2)CC1. The molecule has 38 heavy (non-hydrogen) atoms. The Bertz CT molecular complexity index is 1510. The zero-order chi connectivity index (χ0) is 26.4. The van der Waals surface area contributed by atoms with E-state index < -0.39 is 23.4 Å². The van der Waals surface area contributed by atoms with Crippen LogP contribution >= 0.6 is 0 Å². The molecule has 2 aliphatic rings. The fraction of sp³-hybridized carbons (Fsp3) is 0.241. The van der Waals surface area contributed by atoms with Crippen molar-refractivity contribution in [1.29, 1.82) is 0 Å². The summed E-state index contributed by atoms with van der Waals surface area (Å²) >= 11 is 0. The smallest absolute Gasteiger partial charge is 0.260 e. The first-order valence-electron chi connectivity index (χ1n) is 12.5. The van der Waals surface area contributed by atoms with Crippen LogP contribution in [-0.4, -0.2) is 40.7 Å². The molecule has 0 radical (unpaired) electrons. The summed E-state index contributed by atoms with van der Waals surface area (Å²) in [4.78, 5) is 17.6. The number of likely N-dealkylation sites (tertiary alicyclic amines) is 1. The summed E-state index contributed by atoms with van der Waals surface area (Å²) in [6.07, 6.45) is 5.85. The molecule has 6 nitrogen and oxygen atoms in total. The first-order chi connectivity index (χ1) is 18.3. The number of halogens is 3. The molecule has 0 saturated carbocycles. The maximum Gasteiger partial charge on any atom is 0.260 e. The zero-order valence-electron chi connectivity index (χ0n) is 20.8. The fourth-order valence-corrected chi connectivity index (χ4v) is 5.23. The van der Waals surface area contributed by atoms with Gasteiger partial charge in [0.15, 0.2) is 0 Å². The molecule has 0 atom stereocenters. The molecule has 3 aromatic carbocycles. The second kappa shape index (κ2) is 9.64. The molecule has 1 saturated heterocycles. The highest BCUT2D eigenvalue weighted by atomic mass is 19.1. The maximum absolute atomic E-state index is 14.3. The number of amides is 1. The molecule has 0 unspecified atom stereocenters. The molecule has 9 heteroatoms. The Morgan fingerprint density at radius 3 is 2.39 bits per heavy atom. The van der Waals surface area contributed by atoms with Gasteiger partial charge in [0.05, 0.1) is 41.4 Å². The number of benzene rings is 3. The molecule has 1 aromatic heterocycles. The first-order valence-corrected chi connectivity index (χ1v) is 12.5. The lowest BCUT2D eigenvalue weighted by Crippen LogP contribution is -2.31. The fourth-order valence-electron chi connectivity index (χ4n) is 5.23. The topological polar surface area (TPSA) is 53.4 Å². The molecule has 1 fully saturated rings. The monoisotopic (exact) mass is 517 g/mol. The van der Waals surface area contributed by atoms with Crippen molar-refractivity contribution in [2.45, 2.75) is 25.4 Å². The molecule has 0 aliphatic carbocycles. The van der Waals surface area contributed by atoms with Crippen molar-refractivity contribution in [1.82, 2.24) is 14.7 Å². The summed E-state index contributed by atoms with van der Waals surface area (Å²) in [5.74, 6) is -2.43. The van der Waals surface area contributed by atoms with Crippen molar-refractivity contribution in [2.24, 2.45) is 0 Å². The van der Waals surface area contributed by atoms with Crippen LogP contribution in [0.25, 0.3) is 11.1 Å². The van der Waals surface area contributed by atoms with Crippen LogP contribution in [0.1, 0.15) is 34.8 Å². The number of piperidine rings is 1. The van der Waals surface area contributed by atoms with Gasteiger partial charge >= 0.3 is 0 Å². The van der Waals surface area contributed by atoms with Gasteiger partial charge in [-0.05, 0) is 86.6 Å². The Balaban J connectivity index is 1.37. The van der Waals surface area contributed by atoms with Crippen molar-refractivity contribution in [3.63, 3.8) is 0 Å². The van der Waals surface area contributed by atoms with E-state index in [1.807, 2.05) is 23.0 Å². The summed E-state index contributed by atoms with van der Waals surface area (Å²) in [5.41, 5.74) is 3.67. The van der Waals surface area contributed by atoms with Gasteiger partial charge in [-0.2, -0.15) is 5.10 Å². The van der Waals surface area contributed by atoms with Crippen LogP contribution in [0.15, 0.2) is 67.0 Å². The predicted octanol–water partition coefficient (Wildman–Crippen LogP) is 6.14. The van der Waals surface area contributed by atoms with Gasteiger partial charge in [-0.1, -0.05) is 6.07 Å². The van der Waals surface area contributed by atoms with E-state index in [9.17, 15) is 18.0 Å². The largest absolute Gasteiger partial charge is 0.353 e. The third-order valence-corrected chi connectivity index (χ3v) is 7.28. The minimum atomic E-state index is -0.746. The lowest BCUT2D eigenvalue weighted by molar-refractivity contribution is 0.0986. The number of hydrogen-bond donors (Lipinski definition) is 1. The van der Waals surface area contributed by atoms with E-state index in [4.69, 9.17) is 0 Å². The average molecular weight is 518 g/mol. The molecule has 1 N–H and O–H groups in total. The zero-order valence-corrected chi connectivity index (χ0v) is 20.8. The van der Waals surface area contributed by atoms with E-state index in [2.05, 4.69) is 22.4 Å². The number of carbonyl (C=O) groups is 1. The average Bonchev–Trinajstić information content (AvgIpc) is 3.35. The number of hydrogen-bond acceptors (Lipinski definition) is 4. The molecule has 0 bridgehead atoms. The predicted molar refractivity (Wildman–Crippen MR) is 140 cm³/mol. The highest BCUT2D eigenvalue weighted by Gasteiger charge is 2.28. The van der Waals surface area contributed by atoms with Crippen molar-refractivity contribution in [3.8, 4) is 11.1 Å². The van der Waals surface area contributed by atoms with Gasteiger partial charge in [-0.3, -0.25) is 9.48 Å². The molecular formula is C29H26F3N5O. The van der Waals surface area contributed by atoms with Crippen molar-refractivity contribution < 1.29 is 18.0 Å². The molecule has 1 amide bonds. The standard InChI is InChI=1S/C29H26F3N5O/c1-35-8-6-24(7-9-35)37-17-20(15-33-37)19-2-4-26-25(12-19)29(38)36(16-18-10-22(31)13-23(32)11-18)28-14-21(30)3-5-27(28)34-26/h2-5,10-15,17,24,34H,6-9,16H2,1H3. The molecule has 194 valence electrons. The molecular weight excluding hydrogens is 491 g/mol. The first kappa shape index (κ1) is 24.2. The maximum atomic E-state index is 14.3. The number of nitrogens with zero attached hydrogens (tertiary/aromatic N) is 4. The van der Waals surface area contributed by atoms with Crippen LogP contribution in [0.3, 0.4) is 0 Å². The van der Waals surface area contributed by atoms with Gasteiger partial charge < -0.3 is 15.1 Å². The van der Waals surface area contributed by atoms with Crippen LogP contribution in [0.4, 0.5) is 30.2 Å². The number of aromatic nitrogens is 2. The van der Waals surface area contributed by atoms with E-state index in [-0.39, 0.29) is 17.8 Å². The summed E-state index contributed by atoms with van der Waals surface area (Å²) < 4.78 is 44.1. The number of carbonyl (C=O) groups excluding carboxylic acids is 1. The van der Waals surface area contributed by atoms with Gasteiger partial charge in [0.25, 0.3) is 5.91 Å². The molecule has 6 rings (SSSR count). The normalized spacial score (nSPS) is 16.1. The number of rotatable bonds is 4. The summed E-state index contributed by atoms with van der Waals surface area (Å²) in [7, 11) is 2.12. The van der Waals surface area contributed by atoms with Crippen molar-refractivity contribution >= 4 is 23.0 Å². The Morgan fingerprint density at radius 2 is 1.63 bits per heavy atom. The Kier molecular flexibility index (Phi) is 6.15. The van der Waals surface area contributed by atoms with Gasteiger partial charge in [-0.25, -0.2) is 13.2 Å². The van der Waals surface area contributed by atoms with Gasteiger partial charge in [0.1, 0.15) is 17.5 Å². The molecule has 3 heterocycles. The minimum absolute atomic E-state index is 0.136. The summed E-state index contributed by atoms with van der Waals surface area (Å²) in [5, 5.41) is 7.83. The van der Waals surface area contributed by atoms with Crippen LogP contribution in [0.5, 0.6) is 0 Å². The lowest BCUT2D eigenvalue weighted by Gasteiger charge is -2.28. The Hall–Kier alpha value is -4.11. The highest BCUT2D eigenvalue weighted by molar-refractivity contribution is 6.14. The van der Waals surface area contributed by atoms with Crippen molar-refractivity contribution in [2.75, 3.05) is 30.4 Å². The number of anilines is 3. The van der Waals surface area contributed by atoms with Crippen LogP contribution in [0, 0.1) is 17.5 Å². The minimum Gasteiger partial charge on any atom is -0.353 e. The van der Waals surface area contributed by atoms with Crippen molar-refractivity contribution in [3.05, 3.63) is 95.6 Å². The van der Waals surface area contributed by atoms with Crippen LogP contribution in [-0.2, 0) is 6.54 Å². The second-order valence-electron chi connectivity index (χ2n) is 9.96. The van der Waals surface area contributed by atoms with Gasteiger partial charge in [-0.15, -0.1) is 0 Å². The van der Waals surface area contributed by atoms with E-state index >= 15 is 0 Å². The third-order valence-electron chi connectivity index (χ3n) is 7.28. The van der Waals surface area contributed by atoms with E-state index in [0.29, 0.717) is 23.0 Å². The van der Waals surface area contributed by atoms with E-state index in [1.165, 1.54) is 29.2 Å². The summed E-state index contributed by atoms with van der Waals surface area (Å²) in [6.45, 7) is 1.90. The Morgan fingerprint density at radius 1 is 0.895 bits per heavy atom. The lowest BCUT2D eigenvalue weighted by atomic mass is 10.0. The van der Waals surface area contributed by atoms with Gasteiger partial charge in [0.2, 0.25) is 0 Å². The Labute approximate surface area is 218 Å². The van der Waals surface area contributed by atoms with E-state index in [0.717, 1.165) is 43.1 Å². The molecule has 0 spiro atoms. The highest BCUT2D eigenvalue weighted by Crippen LogP contribution is 2.39.